The lowest BCUT2D eigenvalue weighted by atomic mass is 10.1. The number of hydrogen-bond acceptors (Lipinski definition) is 4. The minimum atomic E-state index is -1.22. The Labute approximate surface area is 91.7 Å². The molecule has 0 saturated heterocycles. The van der Waals surface area contributed by atoms with Crippen LogP contribution in [0.2, 0.25) is 0 Å². The van der Waals surface area contributed by atoms with Crippen LogP contribution in [0, 0.1) is 0 Å². The van der Waals surface area contributed by atoms with Crippen molar-refractivity contribution in [3.8, 4) is 11.4 Å². The number of carboxylic acids is 1. The monoisotopic (exact) mass is 218 g/mol. The topological polar surface area (TPSA) is 76.2 Å². The molecular formula is C11H10N2O3. The van der Waals surface area contributed by atoms with Crippen LogP contribution >= 0.6 is 0 Å². The van der Waals surface area contributed by atoms with E-state index in [9.17, 15) is 4.79 Å². The minimum Gasteiger partial charge on any atom is -0.474 e. The molecule has 1 aromatic carbocycles. The summed E-state index contributed by atoms with van der Waals surface area (Å²) in [5.41, 5.74) is 1.94. The molecule has 0 amide bonds. The highest BCUT2D eigenvalue weighted by Crippen LogP contribution is 2.16. The standard InChI is InChI=1S/C11H10N2O3/c1-2-7-3-5-8(6-4-7)9-12-10(11(14)15)16-13-9/h3-6H,2H2,1H3,(H,14,15). The van der Waals surface area contributed by atoms with Gasteiger partial charge in [-0.25, -0.2) is 4.79 Å². The summed E-state index contributed by atoms with van der Waals surface area (Å²) in [6.07, 6.45) is 0.951. The van der Waals surface area contributed by atoms with E-state index >= 15 is 0 Å². The largest absolute Gasteiger partial charge is 0.474 e. The first-order valence-electron chi connectivity index (χ1n) is 4.87. The summed E-state index contributed by atoms with van der Waals surface area (Å²) in [5, 5.41) is 12.2. The predicted molar refractivity (Wildman–Crippen MR) is 56.1 cm³/mol. The smallest absolute Gasteiger partial charge is 0.394 e. The van der Waals surface area contributed by atoms with Crippen LogP contribution in [-0.2, 0) is 6.42 Å². The summed E-state index contributed by atoms with van der Waals surface area (Å²) in [6, 6.07) is 7.59. The first kappa shape index (κ1) is 10.4. The molecule has 5 heteroatoms. The Balaban J connectivity index is 2.31. The number of rotatable bonds is 3. The van der Waals surface area contributed by atoms with E-state index in [2.05, 4.69) is 21.6 Å². The van der Waals surface area contributed by atoms with Gasteiger partial charge in [-0.15, -0.1) is 0 Å². The second-order valence-electron chi connectivity index (χ2n) is 3.28. The van der Waals surface area contributed by atoms with Gasteiger partial charge in [-0.1, -0.05) is 36.3 Å². The summed E-state index contributed by atoms with van der Waals surface area (Å²) >= 11 is 0. The normalized spacial score (nSPS) is 10.3. The van der Waals surface area contributed by atoms with Gasteiger partial charge in [0.1, 0.15) is 0 Å². The maximum atomic E-state index is 10.5. The number of carboxylic acid groups (broad SMARTS) is 1. The van der Waals surface area contributed by atoms with E-state index in [1.54, 1.807) is 0 Å². The Hall–Kier alpha value is -2.17. The molecule has 0 atom stereocenters. The number of benzene rings is 1. The van der Waals surface area contributed by atoms with Crippen LogP contribution in [0.15, 0.2) is 28.8 Å². The zero-order valence-corrected chi connectivity index (χ0v) is 8.67. The van der Waals surface area contributed by atoms with Gasteiger partial charge < -0.3 is 9.63 Å². The average Bonchev–Trinajstić information content (AvgIpc) is 2.78. The molecule has 5 nitrogen and oxygen atoms in total. The van der Waals surface area contributed by atoms with Gasteiger partial charge in [0, 0.05) is 5.56 Å². The lowest BCUT2D eigenvalue weighted by Gasteiger charge is -1.96. The van der Waals surface area contributed by atoms with E-state index < -0.39 is 11.9 Å². The molecule has 0 saturated carbocycles. The van der Waals surface area contributed by atoms with Crippen LogP contribution in [0.25, 0.3) is 11.4 Å². The van der Waals surface area contributed by atoms with Crippen molar-refractivity contribution in [2.45, 2.75) is 13.3 Å². The fraction of sp³-hybridized carbons (Fsp3) is 0.182. The summed E-state index contributed by atoms with van der Waals surface area (Å²) < 4.78 is 4.58. The lowest BCUT2D eigenvalue weighted by Crippen LogP contribution is -1.95. The molecule has 2 aromatic rings. The van der Waals surface area contributed by atoms with E-state index in [0.717, 1.165) is 12.0 Å². The Morgan fingerprint density at radius 2 is 2.06 bits per heavy atom. The van der Waals surface area contributed by atoms with E-state index in [-0.39, 0.29) is 0 Å². The average molecular weight is 218 g/mol. The third kappa shape index (κ3) is 1.93. The van der Waals surface area contributed by atoms with Crippen molar-refractivity contribution in [2.24, 2.45) is 0 Å². The summed E-state index contributed by atoms with van der Waals surface area (Å²) in [4.78, 5) is 14.3. The predicted octanol–water partition coefficient (Wildman–Crippen LogP) is 2.00. The van der Waals surface area contributed by atoms with Crippen LogP contribution in [0.3, 0.4) is 0 Å². The maximum absolute atomic E-state index is 10.5. The number of aryl methyl sites for hydroxylation is 1. The van der Waals surface area contributed by atoms with Gasteiger partial charge in [0.05, 0.1) is 0 Å². The molecule has 0 aliphatic rings. The van der Waals surface area contributed by atoms with E-state index in [1.807, 2.05) is 24.3 Å². The highest BCUT2D eigenvalue weighted by Gasteiger charge is 2.14. The highest BCUT2D eigenvalue weighted by molar-refractivity contribution is 5.82. The zero-order chi connectivity index (χ0) is 11.5. The molecule has 1 heterocycles. The second kappa shape index (κ2) is 4.14. The van der Waals surface area contributed by atoms with Gasteiger partial charge in [0.15, 0.2) is 0 Å². The van der Waals surface area contributed by atoms with Crippen molar-refractivity contribution >= 4 is 5.97 Å². The van der Waals surface area contributed by atoms with Gasteiger partial charge in [0.25, 0.3) is 0 Å². The fourth-order valence-corrected chi connectivity index (χ4v) is 1.32. The molecule has 0 aliphatic heterocycles. The van der Waals surface area contributed by atoms with Crippen molar-refractivity contribution in [3.05, 3.63) is 35.7 Å². The molecule has 0 aliphatic carbocycles. The van der Waals surface area contributed by atoms with Gasteiger partial charge in [-0.2, -0.15) is 4.98 Å². The molecule has 16 heavy (non-hydrogen) atoms. The second-order valence-corrected chi connectivity index (χ2v) is 3.28. The van der Waals surface area contributed by atoms with Gasteiger partial charge >= 0.3 is 11.9 Å². The summed E-state index contributed by atoms with van der Waals surface area (Å²) in [5.74, 6) is -1.32. The zero-order valence-electron chi connectivity index (χ0n) is 8.67. The molecule has 0 fully saturated rings. The first-order chi connectivity index (χ1) is 7.70. The van der Waals surface area contributed by atoms with Gasteiger partial charge in [0.2, 0.25) is 5.82 Å². The van der Waals surface area contributed by atoms with Crippen molar-refractivity contribution in [1.82, 2.24) is 10.1 Å². The third-order valence-electron chi connectivity index (χ3n) is 2.23. The van der Waals surface area contributed by atoms with Gasteiger partial charge in [-0.05, 0) is 12.0 Å². The summed E-state index contributed by atoms with van der Waals surface area (Å²) in [6.45, 7) is 2.06. The van der Waals surface area contributed by atoms with Crippen LogP contribution in [-0.4, -0.2) is 21.2 Å². The molecule has 2 rings (SSSR count). The minimum absolute atomic E-state index is 0.292. The summed E-state index contributed by atoms with van der Waals surface area (Å²) in [7, 11) is 0. The number of aromatic nitrogens is 2. The van der Waals surface area contributed by atoms with Crippen LogP contribution in [0.1, 0.15) is 23.2 Å². The molecule has 1 N–H and O–H groups in total. The number of hydrogen-bond donors (Lipinski definition) is 1. The van der Waals surface area contributed by atoms with Crippen molar-refractivity contribution in [2.75, 3.05) is 0 Å². The molecule has 0 spiro atoms. The van der Waals surface area contributed by atoms with Crippen LogP contribution in [0.4, 0.5) is 0 Å². The van der Waals surface area contributed by atoms with E-state index in [1.165, 1.54) is 5.56 Å². The molecule has 0 radical (unpaired) electrons. The van der Waals surface area contributed by atoms with Crippen LogP contribution < -0.4 is 0 Å². The Morgan fingerprint density at radius 1 is 1.38 bits per heavy atom. The van der Waals surface area contributed by atoms with Crippen molar-refractivity contribution in [1.29, 1.82) is 0 Å². The Morgan fingerprint density at radius 3 is 2.56 bits per heavy atom. The first-order valence-corrected chi connectivity index (χ1v) is 4.87. The number of nitrogens with zero attached hydrogens (tertiary/aromatic N) is 2. The van der Waals surface area contributed by atoms with E-state index in [0.29, 0.717) is 5.82 Å². The quantitative estimate of drug-likeness (QED) is 0.852. The fourth-order valence-electron chi connectivity index (χ4n) is 1.32. The van der Waals surface area contributed by atoms with Crippen LogP contribution in [0.5, 0.6) is 0 Å². The number of aromatic carboxylic acids is 1. The van der Waals surface area contributed by atoms with Gasteiger partial charge in [-0.3, -0.25) is 0 Å². The Kier molecular flexibility index (Phi) is 2.68. The molecule has 82 valence electrons. The maximum Gasteiger partial charge on any atom is 0.394 e. The third-order valence-corrected chi connectivity index (χ3v) is 2.23. The molecule has 0 bridgehead atoms. The highest BCUT2D eigenvalue weighted by atomic mass is 16.5. The lowest BCUT2D eigenvalue weighted by molar-refractivity contribution is 0.0643. The van der Waals surface area contributed by atoms with E-state index in [4.69, 9.17) is 5.11 Å². The molecular weight excluding hydrogens is 208 g/mol. The molecule has 0 unspecified atom stereocenters. The molecule has 1 aromatic heterocycles. The Bertz CT molecular complexity index is 502. The van der Waals surface area contributed by atoms with Crippen molar-refractivity contribution < 1.29 is 14.4 Å². The van der Waals surface area contributed by atoms with Crippen molar-refractivity contribution in [3.63, 3.8) is 0 Å². The SMILES string of the molecule is CCc1ccc(-c2noc(C(=O)O)n2)cc1. The number of carbonyl (C=O) groups is 1.